The number of nitrogens with zero attached hydrogens (tertiary/aromatic N) is 2. The maximum atomic E-state index is 14.0. The highest BCUT2D eigenvalue weighted by Crippen LogP contribution is 2.29. The molecule has 0 unspecified atom stereocenters. The second-order valence-corrected chi connectivity index (χ2v) is 12.1. The molecule has 0 heterocycles. The predicted octanol–water partition coefficient (Wildman–Crippen LogP) is 5.83. The third-order valence-corrected chi connectivity index (χ3v) is 8.73. The normalized spacial score (nSPS) is 12.2. The number of anilines is 1. The molecule has 39 heavy (non-hydrogen) atoms. The van der Waals surface area contributed by atoms with Gasteiger partial charge in [-0.15, -0.1) is 0 Å². The summed E-state index contributed by atoms with van der Waals surface area (Å²) < 4.78 is 28.7. The molecule has 0 aromatic heterocycles. The molecule has 0 fully saturated rings. The van der Waals surface area contributed by atoms with Crippen LogP contribution in [0.5, 0.6) is 0 Å². The standard InChI is InChI=1S/C29H33Cl2N3O4S/c1-5-27(29(36)32-20(2)3)33(18-22-11-9-10-14-25(22)30)28(35)19-34(23-16-15-21(4)26(31)17-23)39(37,38)24-12-7-6-8-13-24/h6-17,20,27H,5,18-19H2,1-4H3,(H,32,36)/t27-/m1/s1. The third-order valence-electron chi connectivity index (χ3n) is 6.17. The van der Waals surface area contributed by atoms with E-state index >= 15 is 0 Å². The third kappa shape index (κ3) is 7.53. The second-order valence-electron chi connectivity index (χ2n) is 9.46. The molecule has 0 bridgehead atoms. The number of carbonyl (C=O) groups is 2. The van der Waals surface area contributed by atoms with Crippen molar-refractivity contribution < 1.29 is 18.0 Å². The number of nitrogens with one attached hydrogen (secondary N) is 1. The highest BCUT2D eigenvalue weighted by atomic mass is 35.5. The molecular formula is C29H33Cl2N3O4S. The van der Waals surface area contributed by atoms with Gasteiger partial charge < -0.3 is 10.2 Å². The molecule has 10 heteroatoms. The molecule has 0 radical (unpaired) electrons. The summed E-state index contributed by atoms with van der Waals surface area (Å²) in [5.74, 6) is -0.888. The van der Waals surface area contributed by atoms with Crippen LogP contribution in [0.2, 0.25) is 10.0 Å². The van der Waals surface area contributed by atoms with E-state index in [0.717, 1.165) is 9.87 Å². The van der Waals surface area contributed by atoms with E-state index < -0.39 is 28.5 Å². The Morgan fingerprint density at radius 2 is 1.56 bits per heavy atom. The molecule has 0 aliphatic carbocycles. The van der Waals surface area contributed by atoms with Gasteiger partial charge in [-0.2, -0.15) is 0 Å². The van der Waals surface area contributed by atoms with Crippen molar-refractivity contribution >= 4 is 50.7 Å². The van der Waals surface area contributed by atoms with Crippen LogP contribution in [0, 0.1) is 6.92 Å². The molecule has 208 valence electrons. The molecule has 2 amide bonds. The Morgan fingerprint density at radius 3 is 2.15 bits per heavy atom. The first-order valence-electron chi connectivity index (χ1n) is 12.6. The summed E-state index contributed by atoms with van der Waals surface area (Å²) in [5, 5.41) is 3.67. The lowest BCUT2D eigenvalue weighted by molar-refractivity contribution is -0.140. The van der Waals surface area contributed by atoms with Crippen molar-refractivity contribution in [2.24, 2.45) is 0 Å². The highest BCUT2D eigenvalue weighted by molar-refractivity contribution is 7.92. The van der Waals surface area contributed by atoms with Gasteiger partial charge in [-0.1, -0.05) is 72.6 Å². The first kappa shape index (κ1) is 30.5. The summed E-state index contributed by atoms with van der Waals surface area (Å²) in [4.78, 5) is 28.6. The van der Waals surface area contributed by atoms with E-state index in [0.29, 0.717) is 22.0 Å². The van der Waals surface area contributed by atoms with Gasteiger partial charge in [0.2, 0.25) is 11.8 Å². The zero-order chi connectivity index (χ0) is 28.7. The minimum absolute atomic E-state index is 0.0242. The summed E-state index contributed by atoms with van der Waals surface area (Å²) in [7, 11) is -4.16. The Bertz CT molecular complexity index is 1420. The van der Waals surface area contributed by atoms with Crippen LogP contribution in [0.15, 0.2) is 77.7 Å². The zero-order valence-corrected chi connectivity index (χ0v) is 24.7. The van der Waals surface area contributed by atoms with Crippen molar-refractivity contribution in [3.05, 3.63) is 94.0 Å². The van der Waals surface area contributed by atoms with Crippen LogP contribution < -0.4 is 9.62 Å². The fourth-order valence-electron chi connectivity index (χ4n) is 4.10. The Kier molecular flexibility index (Phi) is 10.4. The Morgan fingerprint density at radius 1 is 0.923 bits per heavy atom. The van der Waals surface area contributed by atoms with E-state index in [1.807, 2.05) is 13.8 Å². The summed E-state index contributed by atoms with van der Waals surface area (Å²) >= 11 is 12.8. The van der Waals surface area contributed by atoms with Crippen molar-refractivity contribution in [3.63, 3.8) is 0 Å². The van der Waals surface area contributed by atoms with E-state index in [-0.39, 0.29) is 29.1 Å². The number of sulfonamides is 1. The number of hydrogen-bond acceptors (Lipinski definition) is 4. The fourth-order valence-corrected chi connectivity index (χ4v) is 5.89. The number of aryl methyl sites for hydroxylation is 1. The number of benzene rings is 3. The van der Waals surface area contributed by atoms with E-state index in [2.05, 4.69) is 5.32 Å². The minimum Gasteiger partial charge on any atom is -0.352 e. The molecule has 0 saturated heterocycles. The highest BCUT2D eigenvalue weighted by Gasteiger charge is 2.34. The Hall–Kier alpha value is -3.07. The fraction of sp³-hybridized carbons (Fsp3) is 0.310. The topological polar surface area (TPSA) is 86.8 Å². The van der Waals surface area contributed by atoms with Gasteiger partial charge in [-0.3, -0.25) is 13.9 Å². The number of amides is 2. The van der Waals surface area contributed by atoms with Crippen LogP contribution in [0.4, 0.5) is 5.69 Å². The quantitative estimate of drug-likeness (QED) is 0.305. The van der Waals surface area contributed by atoms with Gasteiger partial charge >= 0.3 is 0 Å². The van der Waals surface area contributed by atoms with Crippen molar-refractivity contribution in [2.45, 2.75) is 57.6 Å². The SMILES string of the molecule is CC[C@H](C(=O)NC(C)C)N(Cc1ccccc1Cl)C(=O)CN(c1ccc(C)c(Cl)c1)S(=O)(=O)c1ccccc1. The average Bonchev–Trinajstić information content (AvgIpc) is 2.89. The summed E-state index contributed by atoms with van der Waals surface area (Å²) in [6, 6.07) is 18.7. The van der Waals surface area contributed by atoms with Crippen molar-refractivity contribution in [2.75, 3.05) is 10.8 Å². The van der Waals surface area contributed by atoms with E-state index in [1.165, 1.54) is 23.1 Å². The Labute approximate surface area is 240 Å². The van der Waals surface area contributed by atoms with E-state index in [1.54, 1.807) is 68.4 Å². The molecule has 3 rings (SSSR count). The molecule has 0 aliphatic heterocycles. The number of halogens is 2. The summed E-state index contributed by atoms with van der Waals surface area (Å²) in [6.45, 7) is 6.75. The summed E-state index contributed by atoms with van der Waals surface area (Å²) in [6.07, 6.45) is 0.316. The largest absolute Gasteiger partial charge is 0.352 e. The maximum absolute atomic E-state index is 14.0. The predicted molar refractivity (Wildman–Crippen MR) is 157 cm³/mol. The van der Waals surface area contributed by atoms with Crippen molar-refractivity contribution in [1.82, 2.24) is 10.2 Å². The summed E-state index contributed by atoms with van der Waals surface area (Å²) in [5.41, 5.74) is 1.64. The molecular weight excluding hydrogens is 557 g/mol. The van der Waals surface area contributed by atoms with Crippen molar-refractivity contribution in [3.8, 4) is 0 Å². The van der Waals surface area contributed by atoms with Gasteiger partial charge in [-0.25, -0.2) is 8.42 Å². The lowest BCUT2D eigenvalue weighted by Gasteiger charge is -2.33. The van der Waals surface area contributed by atoms with Gasteiger partial charge in [0.1, 0.15) is 12.6 Å². The monoisotopic (exact) mass is 589 g/mol. The van der Waals surface area contributed by atoms with Crippen LogP contribution in [-0.2, 0) is 26.2 Å². The van der Waals surface area contributed by atoms with Crippen LogP contribution in [-0.4, -0.2) is 43.8 Å². The first-order valence-corrected chi connectivity index (χ1v) is 14.8. The maximum Gasteiger partial charge on any atom is 0.264 e. The molecule has 1 N–H and O–H groups in total. The van der Waals surface area contributed by atoms with Gasteiger partial charge in [0.25, 0.3) is 10.0 Å². The van der Waals surface area contributed by atoms with Gasteiger partial charge in [0.15, 0.2) is 0 Å². The molecule has 3 aromatic rings. The van der Waals surface area contributed by atoms with Crippen LogP contribution in [0.1, 0.15) is 38.3 Å². The van der Waals surface area contributed by atoms with Gasteiger partial charge in [-0.05, 0) is 68.7 Å². The molecule has 1 atom stereocenters. The van der Waals surface area contributed by atoms with Crippen LogP contribution in [0.3, 0.4) is 0 Å². The van der Waals surface area contributed by atoms with Gasteiger partial charge in [0.05, 0.1) is 10.6 Å². The lowest BCUT2D eigenvalue weighted by atomic mass is 10.1. The van der Waals surface area contributed by atoms with E-state index in [4.69, 9.17) is 23.2 Å². The number of rotatable bonds is 11. The molecule has 3 aromatic carbocycles. The lowest BCUT2D eigenvalue weighted by Crippen LogP contribution is -2.53. The molecule has 0 aliphatic rings. The van der Waals surface area contributed by atoms with Crippen molar-refractivity contribution in [1.29, 1.82) is 0 Å². The molecule has 0 spiro atoms. The van der Waals surface area contributed by atoms with Crippen LogP contribution >= 0.6 is 23.2 Å². The Balaban J connectivity index is 2.09. The minimum atomic E-state index is -4.16. The smallest absolute Gasteiger partial charge is 0.264 e. The number of hydrogen-bond donors (Lipinski definition) is 1. The second kappa shape index (κ2) is 13.3. The molecule has 7 nitrogen and oxygen atoms in total. The van der Waals surface area contributed by atoms with Crippen LogP contribution in [0.25, 0.3) is 0 Å². The molecule has 0 saturated carbocycles. The number of carbonyl (C=O) groups excluding carboxylic acids is 2. The average molecular weight is 591 g/mol. The first-order chi connectivity index (χ1) is 18.4. The van der Waals surface area contributed by atoms with Gasteiger partial charge in [0, 0.05) is 22.6 Å². The van der Waals surface area contributed by atoms with E-state index in [9.17, 15) is 18.0 Å². The zero-order valence-electron chi connectivity index (χ0n) is 22.4.